The maximum atomic E-state index is 12.7. The molecule has 1 amide bonds. The number of rotatable bonds is 2. The quantitative estimate of drug-likeness (QED) is 0.901. The number of likely N-dealkylation sites (tertiary alicyclic amines) is 1. The van der Waals surface area contributed by atoms with E-state index in [9.17, 15) is 4.79 Å². The molecule has 2 atom stereocenters. The minimum Gasteiger partial charge on any atom is -0.357 e. The summed E-state index contributed by atoms with van der Waals surface area (Å²) in [6.07, 6.45) is 4.22. The van der Waals surface area contributed by atoms with Crippen molar-refractivity contribution in [1.82, 2.24) is 15.2 Å². The molecule has 0 aliphatic carbocycles. The van der Waals surface area contributed by atoms with Crippen LogP contribution in [0.2, 0.25) is 0 Å². The van der Waals surface area contributed by atoms with Crippen LogP contribution in [0.4, 0.5) is 5.82 Å². The molecule has 1 aromatic rings. The molecule has 3 saturated heterocycles. The second-order valence-electron chi connectivity index (χ2n) is 7.46. The number of carbonyl (C=O) groups excluding carboxylic acids is 1. The van der Waals surface area contributed by atoms with E-state index >= 15 is 0 Å². The van der Waals surface area contributed by atoms with Crippen molar-refractivity contribution in [2.75, 3.05) is 44.2 Å². The summed E-state index contributed by atoms with van der Waals surface area (Å²) in [5.74, 6) is 3.25. The van der Waals surface area contributed by atoms with Crippen molar-refractivity contribution in [2.24, 2.45) is 17.8 Å². The number of nitrogens with zero attached hydrogens (tertiary/aromatic N) is 3. The Hall–Kier alpha value is -1.62. The Bertz CT molecular complexity index is 553. The fourth-order valence-corrected chi connectivity index (χ4v) is 4.14. The molecule has 0 unspecified atom stereocenters. The number of amides is 1. The van der Waals surface area contributed by atoms with E-state index in [2.05, 4.69) is 22.1 Å². The summed E-state index contributed by atoms with van der Waals surface area (Å²) in [7, 11) is 0. The first kappa shape index (κ1) is 14.9. The van der Waals surface area contributed by atoms with E-state index in [0.29, 0.717) is 11.8 Å². The molecular formula is C18H26N4O. The van der Waals surface area contributed by atoms with Crippen LogP contribution in [0.1, 0.15) is 30.1 Å². The van der Waals surface area contributed by atoms with Gasteiger partial charge in [-0.25, -0.2) is 4.98 Å². The zero-order chi connectivity index (χ0) is 15.8. The molecule has 5 heteroatoms. The number of hydrogen-bond acceptors (Lipinski definition) is 4. The number of anilines is 1. The van der Waals surface area contributed by atoms with Crippen LogP contribution in [0.5, 0.6) is 0 Å². The number of nitrogens with one attached hydrogen (secondary N) is 1. The second kappa shape index (κ2) is 6.11. The largest absolute Gasteiger partial charge is 0.357 e. The topological polar surface area (TPSA) is 48.5 Å². The molecule has 3 fully saturated rings. The van der Waals surface area contributed by atoms with E-state index in [1.807, 2.05) is 17.0 Å². The Labute approximate surface area is 138 Å². The molecule has 3 aliphatic rings. The van der Waals surface area contributed by atoms with Crippen LogP contribution in [0.25, 0.3) is 0 Å². The second-order valence-corrected chi connectivity index (χ2v) is 7.46. The van der Waals surface area contributed by atoms with Gasteiger partial charge in [-0.1, -0.05) is 6.92 Å². The van der Waals surface area contributed by atoms with E-state index in [4.69, 9.17) is 0 Å². The lowest BCUT2D eigenvalue weighted by Crippen LogP contribution is -2.34. The van der Waals surface area contributed by atoms with Crippen LogP contribution in [-0.4, -0.2) is 55.1 Å². The molecule has 0 spiro atoms. The Morgan fingerprint density at radius 1 is 1.17 bits per heavy atom. The van der Waals surface area contributed by atoms with E-state index < -0.39 is 0 Å². The fraction of sp³-hybridized carbons (Fsp3) is 0.667. The minimum absolute atomic E-state index is 0.144. The molecular weight excluding hydrogens is 288 g/mol. The van der Waals surface area contributed by atoms with Crippen LogP contribution in [-0.2, 0) is 0 Å². The summed E-state index contributed by atoms with van der Waals surface area (Å²) in [6, 6.07) is 3.97. The van der Waals surface area contributed by atoms with Crippen molar-refractivity contribution in [2.45, 2.75) is 19.8 Å². The summed E-state index contributed by atoms with van der Waals surface area (Å²) in [6.45, 7) is 8.35. The standard InChI is InChI=1S/C18H26N4O/c1-13-4-6-21(7-5-13)17-3-2-14(10-20-17)18(23)22-11-15-8-19-9-16(15)12-22/h2-3,10,13,15-16,19H,4-9,11-12H2,1H3/t15-,16+. The van der Waals surface area contributed by atoms with Crippen LogP contribution >= 0.6 is 0 Å². The molecule has 23 heavy (non-hydrogen) atoms. The van der Waals surface area contributed by atoms with Crippen molar-refractivity contribution in [3.8, 4) is 0 Å². The van der Waals surface area contributed by atoms with Gasteiger partial charge in [-0.3, -0.25) is 4.79 Å². The van der Waals surface area contributed by atoms with Crippen LogP contribution in [0.3, 0.4) is 0 Å². The van der Waals surface area contributed by atoms with Crippen molar-refractivity contribution >= 4 is 11.7 Å². The Kier molecular flexibility index (Phi) is 3.97. The van der Waals surface area contributed by atoms with Crippen molar-refractivity contribution in [3.05, 3.63) is 23.9 Å². The number of aromatic nitrogens is 1. The predicted molar refractivity (Wildman–Crippen MR) is 90.6 cm³/mol. The highest BCUT2D eigenvalue weighted by Gasteiger charge is 2.38. The van der Waals surface area contributed by atoms with Crippen LogP contribution in [0, 0.1) is 17.8 Å². The lowest BCUT2D eigenvalue weighted by molar-refractivity contribution is 0.0781. The third kappa shape index (κ3) is 2.94. The predicted octanol–water partition coefficient (Wildman–Crippen LogP) is 1.61. The van der Waals surface area contributed by atoms with E-state index in [1.54, 1.807) is 6.20 Å². The Morgan fingerprint density at radius 2 is 1.87 bits per heavy atom. The van der Waals surface area contributed by atoms with E-state index in [1.165, 1.54) is 12.8 Å². The van der Waals surface area contributed by atoms with Gasteiger partial charge >= 0.3 is 0 Å². The number of fused-ring (bicyclic) bond motifs is 1. The first-order valence-electron chi connectivity index (χ1n) is 8.91. The smallest absolute Gasteiger partial charge is 0.255 e. The van der Waals surface area contributed by atoms with Gasteiger partial charge in [0, 0.05) is 45.5 Å². The van der Waals surface area contributed by atoms with Crippen molar-refractivity contribution < 1.29 is 4.79 Å². The van der Waals surface area contributed by atoms with E-state index in [-0.39, 0.29) is 5.91 Å². The number of pyridine rings is 1. The average Bonchev–Trinajstić information content (AvgIpc) is 3.17. The van der Waals surface area contributed by atoms with Crippen LogP contribution in [0.15, 0.2) is 18.3 Å². The van der Waals surface area contributed by atoms with Gasteiger partial charge in [0.1, 0.15) is 5.82 Å². The molecule has 5 nitrogen and oxygen atoms in total. The van der Waals surface area contributed by atoms with Gasteiger partial charge in [-0.2, -0.15) is 0 Å². The molecule has 0 saturated carbocycles. The molecule has 0 bridgehead atoms. The minimum atomic E-state index is 0.144. The molecule has 3 aliphatic heterocycles. The zero-order valence-electron chi connectivity index (χ0n) is 13.9. The first-order chi connectivity index (χ1) is 11.2. The molecule has 0 aromatic carbocycles. The maximum Gasteiger partial charge on any atom is 0.255 e. The van der Waals surface area contributed by atoms with Crippen LogP contribution < -0.4 is 10.2 Å². The van der Waals surface area contributed by atoms with Gasteiger partial charge in [0.25, 0.3) is 5.91 Å². The van der Waals surface area contributed by atoms with Gasteiger partial charge < -0.3 is 15.1 Å². The Morgan fingerprint density at radius 3 is 2.48 bits per heavy atom. The highest BCUT2D eigenvalue weighted by molar-refractivity contribution is 5.94. The summed E-state index contributed by atoms with van der Waals surface area (Å²) in [5.41, 5.74) is 0.729. The van der Waals surface area contributed by atoms with Crippen molar-refractivity contribution in [1.29, 1.82) is 0 Å². The molecule has 1 aromatic heterocycles. The lowest BCUT2D eigenvalue weighted by Gasteiger charge is -2.31. The van der Waals surface area contributed by atoms with Gasteiger partial charge in [0.05, 0.1) is 5.56 Å². The van der Waals surface area contributed by atoms with Gasteiger partial charge in [-0.15, -0.1) is 0 Å². The number of carbonyl (C=O) groups is 1. The highest BCUT2D eigenvalue weighted by Crippen LogP contribution is 2.28. The highest BCUT2D eigenvalue weighted by atomic mass is 16.2. The SMILES string of the molecule is CC1CCN(c2ccc(C(=O)N3C[C@H]4CNC[C@H]4C3)cn2)CC1. The first-order valence-corrected chi connectivity index (χ1v) is 8.91. The summed E-state index contributed by atoms with van der Waals surface area (Å²) >= 11 is 0. The lowest BCUT2D eigenvalue weighted by atomic mass is 9.99. The Balaban J connectivity index is 1.41. The van der Waals surface area contributed by atoms with Crippen molar-refractivity contribution in [3.63, 3.8) is 0 Å². The molecule has 4 rings (SSSR count). The third-order valence-corrected chi connectivity index (χ3v) is 5.78. The normalized spacial score (nSPS) is 28.2. The number of hydrogen-bond donors (Lipinski definition) is 1. The maximum absolute atomic E-state index is 12.7. The molecule has 4 heterocycles. The number of piperidine rings is 1. The average molecular weight is 314 g/mol. The summed E-state index contributed by atoms with van der Waals surface area (Å²) in [4.78, 5) is 21.6. The summed E-state index contributed by atoms with van der Waals surface area (Å²) < 4.78 is 0. The zero-order valence-corrected chi connectivity index (χ0v) is 13.9. The fourth-order valence-electron chi connectivity index (χ4n) is 4.14. The summed E-state index contributed by atoms with van der Waals surface area (Å²) in [5, 5.41) is 3.41. The molecule has 0 radical (unpaired) electrons. The van der Waals surface area contributed by atoms with E-state index in [0.717, 1.165) is 56.6 Å². The monoisotopic (exact) mass is 314 g/mol. The molecule has 124 valence electrons. The van der Waals surface area contributed by atoms with Gasteiger partial charge in [0.2, 0.25) is 0 Å². The third-order valence-electron chi connectivity index (χ3n) is 5.78. The van der Waals surface area contributed by atoms with Gasteiger partial charge in [0.15, 0.2) is 0 Å². The molecule has 1 N–H and O–H groups in total. The van der Waals surface area contributed by atoms with Gasteiger partial charge in [-0.05, 0) is 42.7 Å².